The van der Waals surface area contributed by atoms with Crippen LogP contribution >= 0.6 is 11.6 Å². The van der Waals surface area contributed by atoms with Gasteiger partial charge in [0, 0.05) is 0 Å². The smallest absolute Gasteiger partial charge is 0.319 e. The van der Waals surface area contributed by atoms with Gasteiger partial charge in [-0.3, -0.25) is 4.79 Å². The van der Waals surface area contributed by atoms with Gasteiger partial charge in [0.2, 0.25) is 0 Å². The second-order valence-electron chi connectivity index (χ2n) is 4.30. The molecule has 3 rings (SSSR count). The first-order valence-electron chi connectivity index (χ1n) is 5.40. The molecule has 1 N–H and O–H groups in total. The number of halogens is 1. The topological polar surface area (TPSA) is 55.0 Å². The molecule has 1 saturated carbocycles. The Morgan fingerprint density at radius 3 is 2.88 bits per heavy atom. The number of carbonyl (C=O) groups is 1. The maximum absolute atomic E-state index is 11.7. The predicted octanol–water partition coefficient (Wildman–Crippen LogP) is 2.42. The summed E-state index contributed by atoms with van der Waals surface area (Å²) in [5.41, 5.74) is 0.985. The molecule has 5 heteroatoms. The summed E-state index contributed by atoms with van der Waals surface area (Å²) in [7, 11) is 1.40. The minimum atomic E-state index is -0.572. The van der Waals surface area contributed by atoms with Crippen molar-refractivity contribution in [1.82, 2.24) is 9.97 Å². The van der Waals surface area contributed by atoms with Crippen LogP contribution in [0.2, 0.25) is 5.02 Å². The summed E-state index contributed by atoms with van der Waals surface area (Å²) in [5.74, 6) is 0.431. The highest BCUT2D eigenvalue weighted by Gasteiger charge is 2.55. The van der Waals surface area contributed by atoms with Crippen LogP contribution in [0, 0.1) is 0 Å². The van der Waals surface area contributed by atoms with Crippen LogP contribution in [0.1, 0.15) is 18.7 Å². The lowest BCUT2D eigenvalue weighted by atomic mass is 10.1. The summed E-state index contributed by atoms with van der Waals surface area (Å²) in [5, 5.41) is 0.589. The van der Waals surface area contributed by atoms with Crippen LogP contribution in [0.5, 0.6) is 0 Å². The molecule has 0 spiro atoms. The number of methoxy groups -OCH3 is 1. The highest BCUT2D eigenvalue weighted by molar-refractivity contribution is 6.34. The lowest BCUT2D eigenvalue weighted by Crippen LogP contribution is -2.23. The Hall–Kier alpha value is -1.55. The molecule has 0 aliphatic heterocycles. The Morgan fingerprint density at radius 1 is 1.53 bits per heavy atom. The van der Waals surface area contributed by atoms with Gasteiger partial charge < -0.3 is 9.72 Å². The molecular weight excluding hydrogens is 240 g/mol. The van der Waals surface area contributed by atoms with Crippen molar-refractivity contribution in [3.63, 3.8) is 0 Å². The predicted molar refractivity (Wildman–Crippen MR) is 64.0 cm³/mol. The zero-order valence-corrected chi connectivity index (χ0v) is 10.0. The van der Waals surface area contributed by atoms with Crippen LogP contribution < -0.4 is 0 Å². The number of ether oxygens (including phenoxy) is 1. The third-order valence-corrected chi connectivity index (χ3v) is 3.55. The Morgan fingerprint density at radius 2 is 2.29 bits per heavy atom. The standard InChI is InChI=1S/C12H11ClN2O2/c1-17-11(16)12(5-6-12)10-14-8-4-2-3-7(13)9(8)15-10/h2-4H,5-6H2,1H3,(H,14,15). The number of benzene rings is 1. The number of carbonyl (C=O) groups excluding carboxylic acids is 1. The number of hydrogen-bond donors (Lipinski definition) is 1. The van der Waals surface area contributed by atoms with Gasteiger partial charge in [-0.15, -0.1) is 0 Å². The number of para-hydroxylation sites is 1. The minimum Gasteiger partial charge on any atom is -0.468 e. The highest BCUT2D eigenvalue weighted by Crippen LogP contribution is 2.48. The summed E-state index contributed by atoms with van der Waals surface area (Å²) in [6, 6.07) is 5.53. The third kappa shape index (κ3) is 1.44. The number of H-pyrrole nitrogens is 1. The number of nitrogens with one attached hydrogen (secondary N) is 1. The Balaban J connectivity index is 2.13. The maximum atomic E-state index is 11.7. The first-order chi connectivity index (χ1) is 8.17. The summed E-state index contributed by atoms with van der Waals surface area (Å²) in [6.07, 6.45) is 1.55. The monoisotopic (exact) mass is 250 g/mol. The van der Waals surface area contributed by atoms with E-state index in [4.69, 9.17) is 16.3 Å². The zero-order chi connectivity index (χ0) is 12.0. The van der Waals surface area contributed by atoms with Crippen LogP contribution in [-0.2, 0) is 14.9 Å². The van der Waals surface area contributed by atoms with Crippen molar-refractivity contribution in [1.29, 1.82) is 0 Å². The normalized spacial score (nSPS) is 17.1. The number of hydrogen-bond acceptors (Lipinski definition) is 3. The van der Waals surface area contributed by atoms with Gasteiger partial charge in [0.15, 0.2) is 0 Å². The average molecular weight is 251 g/mol. The average Bonchev–Trinajstić information content (AvgIpc) is 3.02. The van der Waals surface area contributed by atoms with E-state index in [2.05, 4.69) is 9.97 Å². The fourth-order valence-corrected chi connectivity index (χ4v) is 2.30. The fraction of sp³-hybridized carbons (Fsp3) is 0.333. The van der Waals surface area contributed by atoms with E-state index in [1.54, 1.807) is 6.07 Å². The molecule has 4 nitrogen and oxygen atoms in total. The molecule has 0 atom stereocenters. The van der Waals surface area contributed by atoms with E-state index in [1.165, 1.54) is 7.11 Å². The lowest BCUT2D eigenvalue weighted by molar-refractivity contribution is -0.143. The van der Waals surface area contributed by atoms with Crippen LogP contribution in [0.3, 0.4) is 0 Å². The molecule has 1 aromatic heterocycles. The SMILES string of the molecule is COC(=O)C1(c2nc3c(Cl)cccc3[nH]2)CC1. The van der Waals surface area contributed by atoms with Gasteiger partial charge in [-0.1, -0.05) is 17.7 Å². The summed E-state index contributed by atoms with van der Waals surface area (Å²) >= 11 is 6.06. The van der Waals surface area contributed by atoms with Gasteiger partial charge in [0.1, 0.15) is 16.8 Å². The van der Waals surface area contributed by atoms with Gasteiger partial charge in [-0.25, -0.2) is 4.98 Å². The number of fused-ring (bicyclic) bond motifs is 1. The highest BCUT2D eigenvalue weighted by atomic mass is 35.5. The van der Waals surface area contributed by atoms with Crippen molar-refractivity contribution in [2.75, 3.05) is 7.11 Å². The van der Waals surface area contributed by atoms with E-state index in [0.717, 1.165) is 18.4 Å². The molecule has 0 bridgehead atoms. The van der Waals surface area contributed by atoms with Crippen molar-refractivity contribution in [2.45, 2.75) is 18.3 Å². The Kier molecular flexibility index (Phi) is 2.16. The van der Waals surface area contributed by atoms with Gasteiger partial charge >= 0.3 is 5.97 Å². The second kappa shape index (κ2) is 3.47. The molecule has 1 fully saturated rings. The van der Waals surface area contributed by atoms with Crippen molar-refractivity contribution in [3.8, 4) is 0 Å². The quantitative estimate of drug-likeness (QED) is 0.833. The van der Waals surface area contributed by atoms with Gasteiger partial charge in [0.25, 0.3) is 0 Å². The third-order valence-electron chi connectivity index (χ3n) is 3.24. The van der Waals surface area contributed by atoms with E-state index in [1.807, 2.05) is 12.1 Å². The fourth-order valence-electron chi connectivity index (χ4n) is 2.08. The number of esters is 1. The van der Waals surface area contributed by atoms with Crippen molar-refractivity contribution >= 4 is 28.6 Å². The molecule has 1 aromatic carbocycles. The molecule has 88 valence electrons. The minimum absolute atomic E-state index is 0.229. The summed E-state index contributed by atoms with van der Waals surface area (Å²) in [4.78, 5) is 19.3. The number of rotatable bonds is 2. The van der Waals surface area contributed by atoms with Gasteiger partial charge in [-0.05, 0) is 25.0 Å². The molecule has 0 radical (unpaired) electrons. The van der Waals surface area contributed by atoms with Crippen LogP contribution in [0.25, 0.3) is 11.0 Å². The van der Waals surface area contributed by atoms with Crippen molar-refractivity contribution in [3.05, 3.63) is 29.0 Å². The molecule has 1 heterocycles. The number of nitrogens with zero attached hydrogens (tertiary/aromatic N) is 1. The first-order valence-corrected chi connectivity index (χ1v) is 5.78. The molecule has 1 aliphatic rings. The van der Waals surface area contributed by atoms with Crippen molar-refractivity contribution in [2.24, 2.45) is 0 Å². The summed E-state index contributed by atoms with van der Waals surface area (Å²) in [6.45, 7) is 0. The largest absolute Gasteiger partial charge is 0.468 e. The van der Waals surface area contributed by atoms with Crippen LogP contribution in [0.4, 0.5) is 0 Å². The van der Waals surface area contributed by atoms with E-state index in [0.29, 0.717) is 16.4 Å². The molecule has 2 aromatic rings. The molecule has 0 saturated heterocycles. The Labute approximate surface area is 103 Å². The maximum Gasteiger partial charge on any atom is 0.319 e. The number of aromatic nitrogens is 2. The summed E-state index contributed by atoms with van der Waals surface area (Å²) < 4.78 is 4.83. The van der Waals surface area contributed by atoms with Gasteiger partial charge in [0.05, 0.1) is 17.6 Å². The van der Waals surface area contributed by atoms with E-state index < -0.39 is 5.41 Å². The number of aromatic amines is 1. The number of imidazole rings is 1. The van der Waals surface area contributed by atoms with Gasteiger partial charge in [-0.2, -0.15) is 0 Å². The second-order valence-corrected chi connectivity index (χ2v) is 4.70. The molecular formula is C12H11ClN2O2. The Bertz CT molecular complexity index is 602. The lowest BCUT2D eigenvalue weighted by Gasteiger charge is -2.08. The van der Waals surface area contributed by atoms with Crippen LogP contribution in [-0.4, -0.2) is 23.0 Å². The zero-order valence-electron chi connectivity index (χ0n) is 9.29. The van der Waals surface area contributed by atoms with Crippen LogP contribution in [0.15, 0.2) is 18.2 Å². The van der Waals surface area contributed by atoms with E-state index in [9.17, 15) is 4.79 Å². The molecule has 1 aliphatic carbocycles. The van der Waals surface area contributed by atoms with Crippen molar-refractivity contribution < 1.29 is 9.53 Å². The molecule has 0 unspecified atom stereocenters. The van der Waals surface area contributed by atoms with E-state index >= 15 is 0 Å². The first kappa shape index (κ1) is 10.6. The molecule has 0 amide bonds. The van der Waals surface area contributed by atoms with E-state index in [-0.39, 0.29) is 5.97 Å². The molecule has 17 heavy (non-hydrogen) atoms.